The third kappa shape index (κ3) is 4.12. The predicted octanol–water partition coefficient (Wildman–Crippen LogP) is 3.84. The highest BCUT2D eigenvalue weighted by atomic mass is 16.2. The van der Waals surface area contributed by atoms with Crippen LogP contribution in [0.3, 0.4) is 0 Å². The molecule has 2 aromatic heterocycles. The number of benzene rings is 2. The van der Waals surface area contributed by atoms with Crippen molar-refractivity contribution in [2.24, 2.45) is 0 Å². The third-order valence-electron chi connectivity index (χ3n) is 4.27. The zero-order valence-corrected chi connectivity index (χ0v) is 15.2. The van der Waals surface area contributed by atoms with Crippen molar-refractivity contribution in [1.82, 2.24) is 19.7 Å². The van der Waals surface area contributed by atoms with E-state index in [0.29, 0.717) is 18.3 Å². The summed E-state index contributed by atoms with van der Waals surface area (Å²) >= 11 is 0. The fourth-order valence-corrected chi connectivity index (χ4v) is 2.85. The molecule has 6 heteroatoms. The van der Waals surface area contributed by atoms with Crippen LogP contribution in [0.5, 0.6) is 0 Å². The molecule has 0 amide bonds. The molecule has 2 heterocycles. The summed E-state index contributed by atoms with van der Waals surface area (Å²) in [7, 11) is 0. The minimum Gasteiger partial charge on any atom is -0.350 e. The van der Waals surface area contributed by atoms with E-state index in [0.717, 1.165) is 16.7 Å². The zero-order chi connectivity index (χ0) is 19.2. The molecule has 0 bridgehead atoms. The second-order valence-corrected chi connectivity index (χ2v) is 6.30. The van der Waals surface area contributed by atoms with Crippen molar-refractivity contribution in [3.05, 3.63) is 96.3 Å². The quantitative estimate of drug-likeness (QED) is 0.559. The molecule has 6 nitrogen and oxygen atoms in total. The summed E-state index contributed by atoms with van der Waals surface area (Å²) in [6.45, 7) is 0.550. The van der Waals surface area contributed by atoms with Crippen LogP contribution in [0.1, 0.15) is 15.9 Å². The highest BCUT2D eigenvalue weighted by molar-refractivity contribution is 5.83. The topological polar surface area (TPSA) is 72.7 Å². The van der Waals surface area contributed by atoms with Gasteiger partial charge < -0.3 is 5.32 Å². The Morgan fingerprint density at radius 2 is 1.50 bits per heavy atom. The van der Waals surface area contributed by atoms with Gasteiger partial charge in [0.05, 0.1) is 6.42 Å². The molecule has 0 aliphatic rings. The molecule has 0 radical (unpaired) electrons. The summed E-state index contributed by atoms with van der Waals surface area (Å²) in [5, 5.41) is 7.69. The summed E-state index contributed by atoms with van der Waals surface area (Å²) in [6, 6.07) is 23.2. The Kier molecular flexibility index (Phi) is 5.20. The molecular weight excluding hydrogens is 350 g/mol. The number of pyridine rings is 1. The first-order valence-corrected chi connectivity index (χ1v) is 9.02. The number of nitrogens with zero attached hydrogens (tertiary/aromatic N) is 4. The molecule has 4 aromatic rings. The Balaban J connectivity index is 1.62. The van der Waals surface area contributed by atoms with Crippen LogP contribution < -0.4 is 5.32 Å². The summed E-state index contributed by atoms with van der Waals surface area (Å²) < 4.78 is 1.35. The molecule has 0 atom stereocenters. The first kappa shape index (κ1) is 17.6. The van der Waals surface area contributed by atoms with Gasteiger partial charge in [-0.15, -0.1) is 5.10 Å². The first-order valence-electron chi connectivity index (χ1n) is 9.02. The van der Waals surface area contributed by atoms with Crippen molar-refractivity contribution < 1.29 is 4.79 Å². The summed E-state index contributed by atoms with van der Waals surface area (Å²) in [4.78, 5) is 21.5. The van der Waals surface area contributed by atoms with Crippen molar-refractivity contribution in [2.45, 2.75) is 13.0 Å². The lowest BCUT2D eigenvalue weighted by atomic mass is 10.1. The van der Waals surface area contributed by atoms with Gasteiger partial charge in [-0.05, 0) is 23.3 Å². The molecule has 138 valence electrons. The van der Waals surface area contributed by atoms with Gasteiger partial charge in [-0.2, -0.15) is 9.67 Å². The number of carbonyl (C=O) groups is 1. The summed E-state index contributed by atoms with van der Waals surface area (Å²) in [5.74, 6) is 0.769. The zero-order valence-electron chi connectivity index (χ0n) is 15.2. The number of nitrogens with one attached hydrogen (secondary N) is 1. The van der Waals surface area contributed by atoms with Crippen LogP contribution in [-0.4, -0.2) is 25.7 Å². The van der Waals surface area contributed by atoms with Crippen molar-refractivity contribution >= 4 is 11.9 Å². The SMILES string of the molecule is O=C(Cc1ccccc1)n1nc(-c2ccncc2)nc1NCc1ccccc1. The van der Waals surface area contributed by atoms with Crippen LogP contribution >= 0.6 is 0 Å². The van der Waals surface area contributed by atoms with E-state index >= 15 is 0 Å². The first-order chi connectivity index (χ1) is 13.8. The van der Waals surface area contributed by atoms with Crippen molar-refractivity contribution in [3.8, 4) is 11.4 Å². The van der Waals surface area contributed by atoms with Gasteiger partial charge in [0.15, 0.2) is 5.82 Å². The largest absolute Gasteiger partial charge is 0.350 e. The van der Waals surface area contributed by atoms with Gasteiger partial charge in [0.2, 0.25) is 5.95 Å². The highest BCUT2D eigenvalue weighted by Gasteiger charge is 2.17. The van der Waals surface area contributed by atoms with Gasteiger partial charge in [-0.25, -0.2) is 0 Å². The minimum atomic E-state index is -0.144. The Hall–Kier alpha value is -3.80. The number of anilines is 1. The van der Waals surface area contributed by atoms with Crippen molar-refractivity contribution in [2.75, 3.05) is 5.32 Å². The molecule has 0 fully saturated rings. The van der Waals surface area contributed by atoms with E-state index in [2.05, 4.69) is 20.4 Å². The molecule has 1 N–H and O–H groups in total. The van der Waals surface area contributed by atoms with E-state index in [1.807, 2.05) is 72.8 Å². The number of carbonyl (C=O) groups excluding carboxylic acids is 1. The maximum absolute atomic E-state index is 12.9. The average molecular weight is 369 g/mol. The molecule has 4 rings (SSSR count). The van der Waals surface area contributed by atoms with Crippen LogP contribution in [0.15, 0.2) is 85.2 Å². The minimum absolute atomic E-state index is 0.144. The lowest BCUT2D eigenvalue weighted by molar-refractivity contribution is 0.0901. The molecular formula is C22H19N5O. The standard InChI is InChI=1S/C22H19N5O/c28-20(15-17-7-3-1-4-8-17)27-22(24-16-18-9-5-2-6-10-18)25-21(26-27)19-11-13-23-14-12-19/h1-14H,15-16H2,(H,24,25,26). The molecule has 0 saturated carbocycles. The maximum Gasteiger partial charge on any atom is 0.254 e. The Morgan fingerprint density at radius 1 is 0.857 bits per heavy atom. The van der Waals surface area contributed by atoms with E-state index in [-0.39, 0.29) is 12.3 Å². The van der Waals surface area contributed by atoms with E-state index in [4.69, 9.17) is 0 Å². The summed E-state index contributed by atoms with van der Waals surface area (Å²) in [5.41, 5.74) is 2.84. The maximum atomic E-state index is 12.9. The van der Waals surface area contributed by atoms with Crippen LogP contribution in [-0.2, 0) is 13.0 Å². The van der Waals surface area contributed by atoms with Gasteiger partial charge in [0.25, 0.3) is 5.91 Å². The number of aromatic nitrogens is 4. The molecule has 0 unspecified atom stereocenters. The van der Waals surface area contributed by atoms with E-state index in [9.17, 15) is 4.79 Å². The lowest BCUT2D eigenvalue weighted by Gasteiger charge is -2.07. The fraction of sp³-hybridized carbons (Fsp3) is 0.0909. The number of hydrogen-bond donors (Lipinski definition) is 1. The van der Waals surface area contributed by atoms with Crippen LogP contribution in [0.25, 0.3) is 11.4 Å². The Bertz CT molecular complexity index is 1050. The fourth-order valence-electron chi connectivity index (χ4n) is 2.85. The third-order valence-corrected chi connectivity index (χ3v) is 4.27. The molecule has 28 heavy (non-hydrogen) atoms. The van der Waals surface area contributed by atoms with Crippen molar-refractivity contribution in [3.63, 3.8) is 0 Å². The Morgan fingerprint density at radius 3 is 2.18 bits per heavy atom. The monoisotopic (exact) mass is 369 g/mol. The average Bonchev–Trinajstić information content (AvgIpc) is 3.19. The highest BCUT2D eigenvalue weighted by Crippen LogP contribution is 2.18. The molecule has 0 aliphatic carbocycles. The second-order valence-electron chi connectivity index (χ2n) is 6.30. The number of rotatable bonds is 6. The van der Waals surface area contributed by atoms with E-state index in [1.165, 1.54) is 4.68 Å². The van der Waals surface area contributed by atoms with Gasteiger partial charge in [-0.1, -0.05) is 60.7 Å². The van der Waals surface area contributed by atoms with Crippen molar-refractivity contribution in [1.29, 1.82) is 0 Å². The van der Waals surface area contributed by atoms with Gasteiger partial charge in [-0.3, -0.25) is 9.78 Å². The van der Waals surface area contributed by atoms with E-state index < -0.39 is 0 Å². The second kappa shape index (κ2) is 8.26. The van der Waals surface area contributed by atoms with Gasteiger partial charge in [0, 0.05) is 24.5 Å². The molecule has 2 aromatic carbocycles. The molecule has 0 aliphatic heterocycles. The van der Waals surface area contributed by atoms with Gasteiger partial charge >= 0.3 is 0 Å². The normalized spacial score (nSPS) is 10.6. The van der Waals surface area contributed by atoms with Crippen LogP contribution in [0, 0.1) is 0 Å². The predicted molar refractivity (Wildman–Crippen MR) is 108 cm³/mol. The molecule has 0 saturated heterocycles. The van der Waals surface area contributed by atoms with Gasteiger partial charge in [0.1, 0.15) is 0 Å². The van der Waals surface area contributed by atoms with E-state index in [1.54, 1.807) is 12.4 Å². The Labute approximate surface area is 162 Å². The lowest BCUT2D eigenvalue weighted by Crippen LogP contribution is -2.18. The number of hydrogen-bond acceptors (Lipinski definition) is 5. The summed E-state index contributed by atoms with van der Waals surface area (Å²) in [6.07, 6.45) is 3.61. The smallest absolute Gasteiger partial charge is 0.254 e. The van der Waals surface area contributed by atoms with Crippen LogP contribution in [0.4, 0.5) is 5.95 Å². The molecule has 0 spiro atoms. The van der Waals surface area contributed by atoms with Crippen LogP contribution in [0.2, 0.25) is 0 Å².